The molecule has 0 saturated carbocycles. The average molecular weight is 258 g/mol. The van der Waals surface area contributed by atoms with Gasteiger partial charge >= 0.3 is 0 Å². The van der Waals surface area contributed by atoms with Crippen molar-refractivity contribution < 1.29 is 14.6 Å². The van der Waals surface area contributed by atoms with Gasteiger partial charge in [0, 0.05) is 5.56 Å². The molecule has 0 heterocycles. The molecule has 98 valence electrons. The molecule has 2 aromatic rings. The molecular weight excluding hydrogens is 244 g/mol. The summed E-state index contributed by atoms with van der Waals surface area (Å²) in [6.07, 6.45) is 0. The van der Waals surface area contributed by atoms with E-state index in [1.165, 1.54) is 12.1 Å². The van der Waals surface area contributed by atoms with E-state index in [0.29, 0.717) is 5.56 Å². The molecule has 0 unspecified atom stereocenters. The summed E-state index contributed by atoms with van der Waals surface area (Å²) in [5.41, 5.74) is 6.55. The highest BCUT2D eigenvalue weighted by molar-refractivity contribution is 5.94. The van der Waals surface area contributed by atoms with Crippen molar-refractivity contribution in [1.82, 2.24) is 5.43 Å². The van der Waals surface area contributed by atoms with E-state index in [-0.39, 0.29) is 11.7 Å². The zero-order chi connectivity index (χ0) is 13.7. The van der Waals surface area contributed by atoms with Gasteiger partial charge in [0.05, 0.1) is 12.8 Å². The fraction of sp³-hybridized carbons (Fsp3) is 0.0714. The highest BCUT2D eigenvalue weighted by Crippen LogP contribution is 2.14. The minimum atomic E-state index is -0.282. The van der Waals surface area contributed by atoms with Crippen LogP contribution in [0.5, 0.6) is 11.5 Å². The SMILES string of the molecule is COc1ccc(NNC(=O)c2ccc(O)cc2)cc1. The predicted molar refractivity (Wildman–Crippen MR) is 72.2 cm³/mol. The van der Waals surface area contributed by atoms with Gasteiger partial charge in [0.15, 0.2) is 0 Å². The van der Waals surface area contributed by atoms with Crippen LogP contribution in [-0.2, 0) is 0 Å². The molecule has 0 spiro atoms. The lowest BCUT2D eigenvalue weighted by Gasteiger charge is -2.09. The number of nitrogens with one attached hydrogen (secondary N) is 2. The monoisotopic (exact) mass is 258 g/mol. The number of methoxy groups -OCH3 is 1. The lowest BCUT2D eigenvalue weighted by molar-refractivity contribution is 0.0962. The number of aromatic hydroxyl groups is 1. The summed E-state index contributed by atoms with van der Waals surface area (Å²) in [4.78, 5) is 11.8. The van der Waals surface area contributed by atoms with Crippen molar-refractivity contribution >= 4 is 11.6 Å². The first kappa shape index (κ1) is 12.8. The Morgan fingerprint density at radius 2 is 1.68 bits per heavy atom. The molecule has 5 heteroatoms. The molecule has 0 saturated heterocycles. The third kappa shape index (κ3) is 3.38. The largest absolute Gasteiger partial charge is 0.508 e. The van der Waals surface area contributed by atoms with Gasteiger partial charge in [0.25, 0.3) is 5.91 Å². The third-order valence-electron chi connectivity index (χ3n) is 2.54. The summed E-state index contributed by atoms with van der Waals surface area (Å²) in [6, 6.07) is 13.2. The number of carbonyl (C=O) groups excluding carboxylic acids is 1. The highest BCUT2D eigenvalue weighted by atomic mass is 16.5. The average Bonchev–Trinajstić information content (AvgIpc) is 2.46. The number of carbonyl (C=O) groups is 1. The minimum absolute atomic E-state index is 0.125. The number of hydrogen-bond donors (Lipinski definition) is 3. The van der Waals surface area contributed by atoms with Crippen LogP contribution >= 0.6 is 0 Å². The summed E-state index contributed by atoms with van der Waals surface area (Å²) in [5.74, 6) is 0.589. The van der Waals surface area contributed by atoms with Gasteiger partial charge in [-0.2, -0.15) is 0 Å². The van der Waals surface area contributed by atoms with Crippen LogP contribution in [0.1, 0.15) is 10.4 Å². The van der Waals surface area contributed by atoms with E-state index in [1.54, 1.807) is 43.5 Å². The number of hydrazine groups is 1. The number of rotatable bonds is 4. The molecule has 2 aromatic carbocycles. The van der Waals surface area contributed by atoms with Crippen molar-refractivity contribution in [3.05, 3.63) is 54.1 Å². The summed E-state index contributed by atoms with van der Waals surface area (Å²) >= 11 is 0. The fourth-order valence-corrected chi connectivity index (χ4v) is 1.49. The molecule has 0 radical (unpaired) electrons. The zero-order valence-electron chi connectivity index (χ0n) is 10.4. The maximum Gasteiger partial charge on any atom is 0.269 e. The maximum absolute atomic E-state index is 11.8. The fourth-order valence-electron chi connectivity index (χ4n) is 1.49. The summed E-state index contributed by atoms with van der Waals surface area (Å²) in [5, 5.41) is 9.14. The Labute approximate surface area is 110 Å². The predicted octanol–water partition coefficient (Wildman–Crippen LogP) is 2.16. The molecule has 0 aliphatic carbocycles. The van der Waals surface area contributed by atoms with Crippen LogP contribution in [0.4, 0.5) is 5.69 Å². The summed E-state index contributed by atoms with van der Waals surface area (Å²) in [6.45, 7) is 0. The van der Waals surface area contributed by atoms with Crippen molar-refractivity contribution in [3.63, 3.8) is 0 Å². The van der Waals surface area contributed by atoms with Crippen molar-refractivity contribution in [2.24, 2.45) is 0 Å². The number of phenols is 1. The first-order valence-corrected chi connectivity index (χ1v) is 5.68. The van der Waals surface area contributed by atoms with Crippen LogP contribution in [0.2, 0.25) is 0 Å². The zero-order valence-corrected chi connectivity index (χ0v) is 10.4. The first-order chi connectivity index (χ1) is 9.19. The quantitative estimate of drug-likeness (QED) is 0.735. The molecule has 19 heavy (non-hydrogen) atoms. The van der Waals surface area contributed by atoms with Crippen molar-refractivity contribution in [3.8, 4) is 11.5 Å². The van der Waals surface area contributed by atoms with Gasteiger partial charge in [0.2, 0.25) is 0 Å². The highest BCUT2D eigenvalue weighted by Gasteiger charge is 2.04. The van der Waals surface area contributed by atoms with Crippen molar-refractivity contribution in [2.45, 2.75) is 0 Å². The van der Waals surface area contributed by atoms with Gasteiger partial charge in [-0.05, 0) is 48.5 Å². The number of phenolic OH excluding ortho intramolecular Hbond substituents is 1. The maximum atomic E-state index is 11.8. The third-order valence-corrected chi connectivity index (χ3v) is 2.54. The molecule has 0 aliphatic rings. The molecule has 0 bridgehead atoms. The van der Waals surface area contributed by atoms with Gasteiger partial charge in [-0.3, -0.25) is 15.6 Å². The Hall–Kier alpha value is -2.69. The topological polar surface area (TPSA) is 70.6 Å². The second-order valence-corrected chi connectivity index (χ2v) is 3.85. The van der Waals surface area contributed by atoms with E-state index in [4.69, 9.17) is 9.84 Å². The Morgan fingerprint density at radius 1 is 1.05 bits per heavy atom. The van der Waals surface area contributed by atoms with Crippen LogP contribution in [0.25, 0.3) is 0 Å². The van der Waals surface area contributed by atoms with E-state index in [1.807, 2.05) is 0 Å². The summed E-state index contributed by atoms with van der Waals surface area (Å²) < 4.78 is 5.04. The first-order valence-electron chi connectivity index (χ1n) is 5.68. The Kier molecular flexibility index (Phi) is 3.87. The van der Waals surface area contributed by atoms with Gasteiger partial charge in [0.1, 0.15) is 11.5 Å². The standard InChI is InChI=1S/C14H14N2O3/c1-19-13-8-4-11(5-9-13)15-16-14(18)10-2-6-12(17)7-3-10/h2-9,15,17H,1H3,(H,16,18). The molecule has 0 atom stereocenters. The molecule has 0 fully saturated rings. The lowest BCUT2D eigenvalue weighted by atomic mass is 10.2. The molecule has 0 aliphatic heterocycles. The van der Waals surface area contributed by atoms with E-state index in [0.717, 1.165) is 11.4 Å². The van der Waals surface area contributed by atoms with Crippen LogP contribution in [-0.4, -0.2) is 18.1 Å². The van der Waals surface area contributed by atoms with Crippen molar-refractivity contribution in [1.29, 1.82) is 0 Å². The summed E-state index contributed by atoms with van der Waals surface area (Å²) in [7, 11) is 1.59. The van der Waals surface area contributed by atoms with Crippen LogP contribution in [0, 0.1) is 0 Å². The van der Waals surface area contributed by atoms with Gasteiger partial charge < -0.3 is 9.84 Å². The second-order valence-electron chi connectivity index (χ2n) is 3.85. The number of ether oxygens (including phenoxy) is 1. The molecule has 1 amide bonds. The number of anilines is 1. The van der Waals surface area contributed by atoms with E-state index in [9.17, 15) is 4.79 Å². The molecule has 3 N–H and O–H groups in total. The Morgan fingerprint density at radius 3 is 2.26 bits per heavy atom. The molecular formula is C14H14N2O3. The normalized spacial score (nSPS) is 9.74. The number of hydrogen-bond acceptors (Lipinski definition) is 4. The Balaban J connectivity index is 1.94. The smallest absolute Gasteiger partial charge is 0.269 e. The van der Waals surface area contributed by atoms with E-state index < -0.39 is 0 Å². The van der Waals surface area contributed by atoms with E-state index in [2.05, 4.69) is 10.9 Å². The number of amides is 1. The molecule has 2 rings (SSSR count). The van der Waals surface area contributed by atoms with Gasteiger partial charge in [-0.25, -0.2) is 0 Å². The second kappa shape index (κ2) is 5.77. The van der Waals surface area contributed by atoms with Crippen LogP contribution in [0.3, 0.4) is 0 Å². The Bertz CT molecular complexity index is 550. The number of benzene rings is 2. The van der Waals surface area contributed by atoms with Crippen LogP contribution < -0.4 is 15.6 Å². The van der Waals surface area contributed by atoms with Gasteiger partial charge in [-0.15, -0.1) is 0 Å². The van der Waals surface area contributed by atoms with Crippen molar-refractivity contribution in [2.75, 3.05) is 12.5 Å². The molecule has 0 aromatic heterocycles. The lowest BCUT2D eigenvalue weighted by Crippen LogP contribution is -2.29. The molecule has 5 nitrogen and oxygen atoms in total. The van der Waals surface area contributed by atoms with Crippen LogP contribution in [0.15, 0.2) is 48.5 Å². The van der Waals surface area contributed by atoms with E-state index >= 15 is 0 Å². The minimum Gasteiger partial charge on any atom is -0.508 e. The van der Waals surface area contributed by atoms with Gasteiger partial charge in [-0.1, -0.05) is 0 Å².